The van der Waals surface area contributed by atoms with Gasteiger partial charge in [-0.1, -0.05) is 5.16 Å². The van der Waals surface area contributed by atoms with Gasteiger partial charge >= 0.3 is 12.2 Å². The minimum Gasteiger partial charge on any atom is -0.447 e. The lowest BCUT2D eigenvalue weighted by atomic mass is 9.94. The number of fused-ring (bicyclic) bond motifs is 1. The van der Waals surface area contributed by atoms with E-state index in [-0.39, 0.29) is 18.1 Å². The molecule has 3 rings (SSSR count). The fourth-order valence-corrected chi connectivity index (χ4v) is 3.79. The molecule has 0 bridgehead atoms. The number of likely N-dealkylation sites (N-methyl/N-ethyl adjacent to an activating group) is 1. The summed E-state index contributed by atoms with van der Waals surface area (Å²) in [6.45, 7) is 11.3. The first-order valence-corrected chi connectivity index (χ1v) is 12.0. The Labute approximate surface area is 211 Å². The van der Waals surface area contributed by atoms with E-state index in [0.717, 1.165) is 5.56 Å². The standard InChI is InChI=1S/C25H35N5O6/c1-15(2)34-23(32)26-19-10-13-30(16(3)31)20-9-8-17(14-18(19)20)22-27-21(28-36-22)11-12-29(7)24(33)35-25(4,5)6/h8-9,14-15,19H,10-13H2,1-7H3,(H,26,32). The van der Waals surface area contributed by atoms with Gasteiger partial charge in [0.15, 0.2) is 5.82 Å². The van der Waals surface area contributed by atoms with Crippen molar-refractivity contribution in [2.24, 2.45) is 0 Å². The normalized spacial score (nSPS) is 15.3. The van der Waals surface area contributed by atoms with Crippen molar-refractivity contribution in [1.29, 1.82) is 0 Å². The number of anilines is 1. The SMILES string of the molecule is CC(=O)N1CCC(NC(=O)OC(C)C)c2cc(-c3nc(CCN(C)C(=O)OC(C)(C)C)no3)ccc21. The van der Waals surface area contributed by atoms with Gasteiger partial charge in [0.25, 0.3) is 5.89 Å². The van der Waals surface area contributed by atoms with Crippen LogP contribution >= 0.6 is 0 Å². The van der Waals surface area contributed by atoms with Crippen LogP contribution in [0.3, 0.4) is 0 Å². The topological polar surface area (TPSA) is 127 Å². The Balaban J connectivity index is 1.77. The fourth-order valence-electron chi connectivity index (χ4n) is 3.79. The average molecular weight is 502 g/mol. The van der Waals surface area contributed by atoms with Gasteiger partial charge in [0.1, 0.15) is 5.60 Å². The van der Waals surface area contributed by atoms with Crippen molar-refractivity contribution in [3.05, 3.63) is 29.6 Å². The Bertz CT molecular complexity index is 1110. The summed E-state index contributed by atoms with van der Waals surface area (Å²) in [7, 11) is 1.65. The van der Waals surface area contributed by atoms with Crippen molar-refractivity contribution in [3.8, 4) is 11.5 Å². The van der Waals surface area contributed by atoms with Gasteiger partial charge in [-0.25, -0.2) is 9.59 Å². The highest BCUT2D eigenvalue weighted by Gasteiger charge is 2.30. The van der Waals surface area contributed by atoms with Crippen LogP contribution in [0.15, 0.2) is 22.7 Å². The molecular weight excluding hydrogens is 466 g/mol. The molecule has 0 spiro atoms. The number of hydrogen-bond acceptors (Lipinski definition) is 8. The molecule has 2 heterocycles. The first-order chi connectivity index (χ1) is 16.8. The molecule has 1 unspecified atom stereocenters. The molecule has 1 atom stereocenters. The maximum atomic E-state index is 12.3. The van der Waals surface area contributed by atoms with E-state index in [9.17, 15) is 14.4 Å². The molecule has 0 fully saturated rings. The van der Waals surface area contributed by atoms with E-state index in [2.05, 4.69) is 15.5 Å². The highest BCUT2D eigenvalue weighted by atomic mass is 16.6. The molecule has 1 aliphatic heterocycles. The molecule has 36 heavy (non-hydrogen) atoms. The second-order valence-corrected chi connectivity index (χ2v) is 10.1. The molecule has 1 aromatic carbocycles. The Morgan fingerprint density at radius 3 is 2.64 bits per heavy atom. The summed E-state index contributed by atoms with van der Waals surface area (Å²) in [4.78, 5) is 44.2. The summed E-state index contributed by atoms with van der Waals surface area (Å²) >= 11 is 0. The number of carbonyl (C=O) groups excluding carboxylic acids is 3. The van der Waals surface area contributed by atoms with Crippen molar-refractivity contribution >= 4 is 23.8 Å². The molecule has 3 amide bonds. The van der Waals surface area contributed by atoms with Crippen LogP contribution < -0.4 is 10.2 Å². The van der Waals surface area contributed by atoms with Crippen molar-refractivity contribution in [3.63, 3.8) is 0 Å². The summed E-state index contributed by atoms with van der Waals surface area (Å²) in [6, 6.07) is 5.11. The molecule has 1 aliphatic rings. The minimum atomic E-state index is -0.576. The smallest absolute Gasteiger partial charge is 0.410 e. The van der Waals surface area contributed by atoms with Gasteiger partial charge in [-0.3, -0.25) is 4.79 Å². The van der Waals surface area contributed by atoms with E-state index in [1.54, 1.807) is 31.9 Å². The largest absolute Gasteiger partial charge is 0.447 e. The van der Waals surface area contributed by atoms with Gasteiger partial charge in [0, 0.05) is 44.7 Å². The zero-order valence-corrected chi connectivity index (χ0v) is 22.0. The van der Waals surface area contributed by atoms with Crippen LogP contribution in [0.4, 0.5) is 15.3 Å². The van der Waals surface area contributed by atoms with E-state index in [1.165, 1.54) is 11.8 Å². The van der Waals surface area contributed by atoms with Crippen LogP contribution in [0.2, 0.25) is 0 Å². The first kappa shape index (κ1) is 27.0. The number of nitrogens with zero attached hydrogens (tertiary/aromatic N) is 4. The second kappa shape index (κ2) is 11.0. The third kappa shape index (κ3) is 6.96. The monoisotopic (exact) mass is 501 g/mol. The predicted molar refractivity (Wildman–Crippen MR) is 132 cm³/mol. The maximum absolute atomic E-state index is 12.3. The lowest BCUT2D eigenvalue weighted by molar-refractivity contribution is -0.116. The summed E-state index contributed by atoms with van der Waals surface area (Å²) in [5.74, 6) is 0.663. The van der Waals surface area contributed by atoms with E-state index in [4.69, 9.17) is 14.0 Å². The van der Waals surface area contributed by atoms with Crippen molar-refractivity contribution in [1.82, 2.24) is 20.4 Å². The minimum absolute atomic E-state index is 0.0820. The second-order valence-electron chi connectivity index (χ2n) is 10.1. The number of benzene rings is 1. The molecule has 0 saturated heterocycles. The van der Waals surface area contributed by atoms with Gasteiger partial charge < -0.3 is 29.1 Å². The molecule has 11 nitrogen and oxygen atoms in total. The number of nitrogens with one attached hydrogen (secondary N) is 1. The van der Waals surface area contributed by atoms with E-state index < -0.39 is 17.8 Å². The van der Waals surface area contributed by atoms with Crippen LogP contribution in [0.1, 0.15) is 65.4 Å². The number of aromatic nitrogens is 2. The summed E-state index contributed by atoms with van der Waals surface area (Å²) in [6.07, 6.45) is -0.274. The predicted octanol–water partition coefficient (Wildman–Crippen LogP) is 4.08. The van der Waals surface area contributed by atoms with Crippen molar-refractivity contribution in [2.45, 2.75) is 72.1 Å². The molecule has 0 radical (unpaired) electrons. The van der Waals surface area contributed by atoms with Gasteiger partial charge in [-0.2, -0.15) is 4.98 Å². The molecule has 1 N–H and O–H groups in total. The van der Waals surface area contributed by atoms with Crippen LogP contribution in [0.5, 0.6) is 0 Å². The summed E-state index contributed by atoms with van der Waals surface area (Å²) in [5, 5.41) is 6.93. The van der Waals surface area contributed by atoms with Crippen LogP contribution in [0, 0.1) is 0 Å². The van der Waals surface area contributed by atoms with Crippen LogP contribution in [-0.2, 0) is 20.7 Å². The molecular formula is C25H35N5O6. The Hall–Kier alpha value is -3.63. The number of amides is 3. The third-order valence-electron chi connectivity index (χ3n) is 5.44. The molecule has 196 valence electrons. The van der Waals surface area contributed by atoms with Gasteiger partial charge in [-0.05, 0) is 64.8 Å². The molecule has 1 aromatic heterocycles. The van der Waals surface area contributed by atoms with Crippen LogP contribution in [-0.4, -0.2) is 65.0 Å². The van der Waals surface area contributed by atoms with Gasteiger partial charge in [-0.15, -0.1) is 0 Å². The zero-order chi connectivity index (χ0) is 26.6. The van der Waals surface area contributed by atoms with E-state index in [1.807, 2.05) is 32.9 Å². The van der Waals surface area contributed by atoms with Gasteiger partial charge in [0.05, 0.1) is 12.1 Å². The number of alkyl carbamates (subject to hydrolysis) is 1. The van der Waals surface area contributed by atoms with Crippen molar-refractivity contribution < 1.29 is 28.4 Å². The molecule has 11 heteroatoms. The summed E-state index contributed by atoms with van der Waals surface area (Å²) in [5.41, 5.74) is 1.56. The fraction of sp³-hybridized carbons (Fsp3) is 0.560. The lowest BCUT2D eigenvalue weighted by Crippen LogP contribution is -2.40. The van der Waals surface area contributed by atoms with E-state index >= 15 is 0 Å². The Morgan fingerprint density at radius 2 is 2.00 bits per heavy atom. The highest BCUT2D eigenvalue weighted by molar-refractivity contribution is 5.93. The number of carbonyl (C=O) groups is 3. The van der Waals surface area contributed by atoms with Crippen molar-refractivity contribution in [2.75, 3.05) is 25.0 Å². The highest BCUT2D eigenvalue weighted by Crippen LogP contribution is 2.37. The number of hydrogen-bond donors (Lipinski definition) is 1. The molecule has 2 aromatic rings. The van der Waals surface area contributed by atoms with Crippen LogP contribution in [0.25, 0.3) is 11.5 Å². The van der Waals surface area contributed by atoms with E-state index in [0.29, 0.717) is 48.9 Å². The number of ether oxygens (including phenoxy) is 2. The zero-order valence-electron chi connectivity index (χ0n) is 22.0. The number of rotatable bonds is 6. The van der Waals surface area contributed by atoms with Gasteiger partial charge in [0.2, 0.25) is 5.91 Å². The summed E-state index contributed by atoms with van der Waals surface area (Å²) < 4.78 is 16.1. The lowest BCUT2D eigenvalue weighted by Gasteiger charge is -2.34. The quantitative estimate of drug-likeness (QED) is 0.627. The first-order valence-electron chi connectivity index (χ1n) is 12.0. The maximum Gasteiger partial charge on any atom is 0.410 e. The third-order valence-corrected chi connectivity index (χ3v) is 5.44. The Kier molecular flexibility index (Phi) is 8.21. The Morgan fingerprint density at radius 1 is 1.28 bits per heavy atom. The average Bonchev–Trinajstić information content (AvgIpc) is 3.24. The molecule has 0 saturated carbocycles. The molecule has 0 aliphatic carbocycles.